The van der Waals surface area contributed by atoms with Crippen molar-refractivity contribution in [3.63, 3.8) is 0 Å². The largest absolute Gasteiger partial charge is 0.508 e. The van der Waals surface area contributed by atoms with Crippen LogP contribution in [-0.2, 0) is 0 Å². The molecule has 0 atom stereocenters. The van der Waals surface area contributed by atoms with Gasteiger partial charge in [0.05, 0.1) is 12.0 Å². The normalized spacial score (nSPS) is 11.2. The number of phenols is 2. The minimum absolute atomic E-state index is 0.0620. The summed E-state index contributed by atoms with van der Waals surface area (Å²) in [6.07, 6.45) is 3.19. The van der Waals surface area contributed by atoms with E-state index in [0.717, 1.165) is 25.3 Å². The number of aromatic hydroxyl groups is 2. The Bertz CT molecular complexity index is 911. The molecule has 3 rings (SSSR count). The highest BCUT2D eigenvalue weighted by atomic mass is 16.5. The second kappa shape index (κ2) is 6.20. The number of unbranched alkanes of at least 4 members (excludes halogenated alkanes) is 2. The van der Waals surface area contributed by atoms with E-state index in [1.165, 1.54) is 6.07 Å². The average molecular weight is 314 g/mol. The Hall–Kier alpha value is -2.69. The first-order valence-corrected chi connectivity index (χ1v) is 7.65. The van der Waals surface area contributed by atoms with Crippen molar-refractivity contribution in [1.29, 1.82) is 0 Å². The second-order valence-corrected chi connectivity index (χ2v) is 5.48. The maximum Gasteiger partial charge on any atom is 0.204 e. The van der Waals surface area contributed by atoms with Crippen molar-refractivity contribution in [1.82, 2.24) is 0 Å². The molecule has 2 N–H and O–H groups in total. The van der Waals surface area contributed by atoms with Crippen molar-refractivity contribution >= 4 is 21.9 Å². The number of phenolic OH excluding ortho intramolecular Hbond substituents is 2. The van der Waals surface area contributed by atoms with Crippen LogP contribution in [0.3, 0.4) is 0 Å². The SMILES string of the molecule is CCCCCOc1ccc2c(=O)c3c(O)cc(O)cc3oc2c1. The maximum atomic E-state index is 12.5. The molecule has 0 saturated carbocycles. The van der Waals surface area contributed by atoms with Gasteiger partial charge in [-0.2, -0.15) is 0 Å². The van der Waals surface area contributed by atoms with Gasteiger partial charge in [-0.15, -0.1) is 0 Å². The monoisotopic (exact) mass is 314 g/mol. The molecule has 120 valence electrons. The topological polar surface area (TPSA) is 79.9 Å². The van der Waals surface area contributed by atoms with E-state index in [4.69, 9.17) is 9.15 Å². The van der Waals surface area contributed by atoms with Gasteiger partial charge >= 0.3 is 0 Å². The van der Waals surface area contributed by atoms with Crippen molar-refractivity contribution < 1.29 is 19.4 Å². The summed E-state index contributed by atoms with van der Waals surface area (Å²) >= 11 is 0. The zero-order valence-corrected chi connectivity index (χ0v) is 12.8. The van der Waals surface area contributed by atoms with Crippen LogP contribution >= 0.6 is 0 Å². The number of ether oxygens (including phenoxy) is 1. The van der Waals surface area contributed by atoms with Gasteiger partial charge in [0.2, 0.25) is 5.43 Å². The Morgan fingerprint density at radius 2 is 1.91 bits per heavy atom. The Labute approximate surface area is 132 Å². The molecule has 3 aromatic rings. The fourth-order valence-corrected chi connectivity index (χ4v) is 2.56. The van der Waals surface area contributed by atoms with Crippen LogP contribution in [0.25, 0.3) is 21.9 Å². The third-order valence-electron chi connectivity index (χ3n) is 3.73. The van der Waals surface area contributed by atoms with Gasteiger partial charge in [0, 0.05) is 18.2 Å². The van der Waals surface area contributed by atoms with E-state index in [1.807, 2.05) is 0 Å². The number of hydrogen-bond acceptors (Lipinski definition) is 5. The predicted octanol–water partition coefficient (Wildman–Crippen LogP) is 3.93. The van der Waals surface area contributed by atoms with Crippen molar-refractivity contribution in [3.05, 3.63) is 40.6 Å². The highest BCUT2D eigenvalue weighted by Crippen LogP contribution is 2.30. The van der Waals surface area contributed by atoms with E-state index < -0.39 is 0 Å². The molecule has 1 aromatic heterocycles. The van der Waals surface area contributed by atoms with Gasteiger partial charge in [0.15, 0.2) is 0 Å². The third kappa shape index (κ3) is 2.95. The molecule has 0 aliphatic heterocycles. The molecule has 0 saturated heterocycles. The van der Waals surface area contributed by atoms with Gasteiger partial charge in [-0.25, -0.2) is 0 Å². The minimum atomic E-state index is -0.337. The van der Waals surface area contributed by atoms with E-state index in [9.17, 15) is 15.0 Å². The molecule has 0 radical (unpaired) electrons. The summed E-state index contributed by atoms with van der Waals surface area (Å²) in [5.41, 5.74) is 0.167. The molecule has 5 heteroatoms. The van der Waals surface area contributed by atoms with Gasteiger partial charge in [-0.3, -0.25) is 4.79 Å². The number of hydrogen-bond donors (Lipinski definition) is 2. The lowest BCUT2D eigenvalue weighted by atomic mass is 10.1. The van der Waals surface area contributed by atoms with Gasteiger partial charge in [-0.1, -0.05) is 19.8 Å². The number of benzene rings is 2. The fourth-order valence-electron chi connectivity index (χ4n) is 2.56. The zero-order chi connectivity index (χ0) is 16.4. The van der Waals surface area contributed by atoms with Crippen LogP contribution in [0, 0.1) is 0 Å². The molecular weight excluding hydrogens is 296 g/mol. The molecule has 1 heterocycles. The quantitative estimate of drug-likeness (QED) is 0.551. The van der Waals surface area contributed by atoms with Crippen LogP contribution in [0.15, 0.2) is 39.5 Å². The van der Waals surface area contributed by atoms with Gasteiger partial charge in [0.1, 0.15) is 33.8 Å². The lowest BCUT2D eigenvalue weighted by Gasteiger charge is -2.08. The third-order valence-corrected chi connectivity index (χ3v) is 3.73. The molecule has 0 unspecified atom stereocenters. The van der Waals surface area contributed by atoms with E-state index in [1.54, 1.807) is 18.2 Å². The maximum absolute atomic E-state index is 12.5. The summed E-state index contributed by atoms with van der Waals surface area (Å²) in [6.45, 7) is 2.74. The fraction of sp³-hybridized carbons (Fsp3) is 0.278. The van der Waals surface area contributed by atoms with E-state index in [0.29, 0.717) is 23.3 Å². The standard InChI is InChI=1S/C18H18O5/c1-2-3-4-7-22-12-5-6-13-15(10-12)23-16-9-11(19)8-14(20)17(16)18(13)21/h5-6,8-10,19-20H,2-4,7H2,1H3. The smallest absolute Gasteiger partial charge is 0.204 e. The van der Waals surface area contributed by atoms with Gasteiger partial charge in [0.25, 0.3) is 0 Å². The highest BCUT2D eigenvalue weighted by molar-refractivity contribution is 5.94. The summed E-state index contributed by atoms with van der Waals surface area (Å²) in [4.78, 5) is 12.5. The minimum Gasteiger partial charge on any atom is -0.508 e. The Morgan fingerprint density at radius 3 is 2.70 bits per heavy atom. The number of fused-ring (bicyclic) bond motifs is 2. The van der Waals surface area contributed by atoms with Crippen LogP contribution in [-0.4, -0.2) is 16.8 Å². The van der Waals surface area contributed by atoms with Crippen molar-refractivity contribution in [2.45, 2.75) is 26.2 Å². The first kappa shape index (κ1) is 15.2. The van der Waals surface area contributed by atoms with E-state index in [-0.39, 0.29) is 27.9 Å². The van der Waals surface area contributed by atoms with Crippen LogP contribution in [0.2, 0.25) is 0 Å². The van der Waals surface area contributed by atoms with Crippen molar-refractivity contribution in [2.75, 3.05) is 6.61 Å². The molecule has 0 amide bonds. The first-order chi connectivity index (χ1) is 11.1. The lowest BCUT2D eigenvalue weighted by Crippen LogP contribution is -2.03. The second-order valence-electron chi connectivity index (χ2n) is 5.48. The molecular formula is C18H18O5. The molecule has 0 spiro atoms. The van der Waals surface area contributed by atoms with Gasteiger partial charge in [-0.05, 0) is 18.6 Å². The highest BCUT2D eigenvalue weighted by Gasteiger charge is 2.13. The van der Waals surface area contributed by atoms with Crippen LogP contribution < -0.4 is 10.2 Å². The van der Waals surface area contributed by atoms with Crippen LogP contribution in [0.1, 0.15) is 26.2 Å². The molecule has 0 bridgehead atoms. The molecule has 0 fully saturated rings. The molecule has 0 aliphatic carbocycles. The number of rotatable bonds is 5. The van der Waals surface area contributed by atoms with Crippen molar-refractivity contribution in [2.24, 2.45) is 0 Å². The Kier molecular flexibility index (Phi) is 4.10. The van der Waals surface area contributed by atoms with Crippen LogP contribution in [0.5, 0.6) is 17.2 Å². The van der Waals surface area contributed by atoms with Crippen molar-refractivity contribution in [3.8, 4) is 17.2 Å². The van der Waals surface area contributed by atoms with Crippen LogP contribution in [0.4, 0.5) is 0 Å². The zero-order valence-electron chi connectivity index (χ0n) is 12.8. The molecule has 2 aromatic carbocycles. The average Bonchev–Trinajstić information content (AvgIpc) is 2.50. The molecule has 5 nitrogen and oxygen atoms in total. The summed E-state index contributed by atoms with van der Waals surface area (Å²) in [6, 6.07) is 7.43. The predicted molar refractivity (Wildman–Crippen MR) is 88.3 cm³/mol. The summed E-state index contributed by atoms with van der Waals surface area (Å²) in [5.74, 6) is 0.167. The molecule has 0 aliphatic rings. The summed E-state index contributed by atoms with van der Waals surface area (Å²) in [5, 5.41) is 19.8. The Morgan fingerprint density at radius 1 is 1.09 bits per heavy atom. The first-order valence-electron chi connectivity index (χ1n) is 7.65. The lowest BCUT2D eigenvalue weighted by molar-refractivity contribution is 0.306. The Balaban J connectivity index is 2.05. The van der Waals surface area contributed by atoms with Gasteiger partial charge < -0.3 is 19.4 Å². The summed E-state index contributed by atoms with van der Waals surface area (Å²) < 4.78 is 11.3. The van der Waals surface area contributed by atoms with E-state index in [2.05, 4.69) is 6.92 Å². The van der Waals surface area contributed by atoms with E-state index >= 15 is 0 Å². The summed E-state index contributed by atoms with van der Waals surface area (Å²) in [7, 11) is 0. The molecule has 23 heavy (non-hydrogen) atoms.